The minimum atomic E-state index is -0.140. The fourth-order valence-electron chi connectivity index (χ4n) is 4.09. The Morgan fingerprint density at radius 2 is 1.62 bits per heavy atom. The maximum Gasteiger partial charge on any atom is 0.122 e. The van der Waals surface area contributed by atoms with Crippen LogP contribution in [0, 0.1) is 0 Å². The third-order valence-corrected chi connectivity index (χ3v) is 5.75. The van der Waals surface area contributed by atoms with Crippen LogP contribution in [0.25, 0.3) is 0 Å². The topological polar surface area (TPSA) is 41.9 Å². The van der Waals surface area contributed by atoms with Gasteiger partial charge in [0, 0.05) is 13.1 Å². The minimum Gasteiger partial charge on any atom is -0.507 e. The predicted octanol–water partition coefficient (Wildman–Crippen LogP) is 5.24. The number of ether oxygens (including phenoxy) is 2. The van der Waals surface area contributed by atoms with E-state index >= 15 is 0 Å². The van der Waals surface area contributed by atoms with Crippen molar-refractivity contribution in [3.63, 3.8) is 0 Å². The molecule has 0 bridgehead atoms. The summed E-state index contributed by atoms with van der Waals surface area (Å²) in [5, 5.41) is 11.0. The summed E-state index contributed by atoms with van der Waals surface area (Å²) in [7, 11) is 1.69. The molecule has 1 heterocycles. The molecule has 0 aliphatic carbocycles. The number of rotatable bonds is 5. The third kappa shape index (κ3) is 4.76. The Balaban J connectivity index is 2.17. The predicted molar refractivity (Wildman–Crippen MR) is 118 cm³/mol. The zero-order valence-electron chi connectivity index (χ0n) is 18.7. The normalized spacial score (nSPS) is 16.8. The Morgan fingerprint density at radius 1 is 1.00 bits per heavy atom. The first kappa shape index (κ1) is 21.7. The fourth-order valence-corrected chi connectivity index (χ4v) is 4.09. The maximum absolute atomic E-state index is 11.0. The van der Waals surface area contributed by atoms with E-state index in [0.717, 1.165) is 43.2 Å². The highest BCUT2D eigenvalue weighted by Crippen LogP contribution is 2.41. The first-order chi connectivity index (χ1) is 13.7. The van der Waals surface area contributed by atoms with Crippen molar-refractivity contribution in [1.82, 2.24) is 4.90 Å². The lowest BCUT2D eigenvalue weighted by Crippen LogP contribution is -2.39. The Morgan fingerprint density at radius 3 is 2.14 bits per heavy atom. The second kappa shape index (κ2) is 8.76. The molecule has 1 saturated heterocycles. The second-order valence-corrected chi connectivity index (χ2v) is 9.24. The van der Waals surface area contributed by atoms with Gasteiger partial charge in [-0.1, -0.05) is 46.8 Å². The molecule has 1 unspecified atom stereocenters. The van der Waals surface area contributed by atoms with Crippen molar-refractivity contribution in [2.75, 3.05) is 33.4 Å². The van der Waals surface area contributed by atoms with Gasteiger partial charge in [0.05, 0.1) is 26.4 Å². The molecule has 1 fully saturated rings. The molecule has 2 aromatic rings. The standard InChI is InChI=1S/C25H35NO3/c1-17(2)21-15-19(16-22(24(21)27)25(3,4)5)23(26-11-13-29-14-12-26)18-7-9-20(28-6)10-8-18/h7-10,15-17,23,27H,11-14H2,1-6H3. The van der Waals surface area contributed by atoms with Gasteiger partial charge < -0.3 is 14.6 Å². The molecular weight excluding hydrogens is 362 g/mol. The molecule has 1 N–H and O–H groups in total. The molecule has 0 saturated carbocycles. The fraction of sp³-hybridized carbons (Fsp3) is 0.520. The molecule has 0 radical (unpaired) electrons. The van der Waals surface area contributed by atoms with Gasteiger partial charge in [-0.25, -0.2) is 0 Å². The van der Waals surface area contributed by atoms with Gasteiger partial charge >= 0.3 is 0 Å². The molecule has 0 amide bonds. The number of phenols is 1. The largest absolute Gasteiger partial charge is 0.507 e. The first-order valence-corrected chi connectivity index (χ1v) is 10.6. The Bertz CT molecular complexity index is 815. The lowest BCUT2D eigenvalue weighted by atomic mass is 9.80. The average Bonchev–Trinajstić information content (AvgIpc) is 2.69. The number of aromatic hydroxyl groups is 1. The Kier molecular flexibility index (Phi) is 6.55. The molecule has 4 nitrogen and oxygen atoms in total. The van der Waals surface area contributed by atoms with Crippen LogP contribution in [0.1, 0.15) is 68.8 Å². The Labute approximate surface area is 175 Å². The molecule has 1 aliphatic heterocycles. The summed E-state index contributed by atoms with van der Waals surface area (Å²) >= 11 is 0. The van der Waals surface area contributed by atoms with Crippen LogP contribution >= 0.6 is 0 Å². The number of hydrogen-bond donors (Lipinski definition) is 1. The van der Waals surface area contributed by atoms with Gasteiger partial charge in [-0.2, -0.15) is 0 Å². The van der Waals surface area contributed by atoms with E-state index in [4.69, 9.17) is 9.47 Å². The van der Waals surface area contributed by atoms with Crippen LogP contribution in [-0.2, 0) is 10.2 Å². The molecule has 0 spiro atoms. The minimum absolute atomic E-state index is 0.115. The van der Waals surface area contributed by atoms with E-state index in [0.29, 0.717) is 5.75 Å². The van der Waals surface area contributed by atoms with E-state index in [-0.39, 0.29) is 17.4 Å². The van der Waals surface area contributed by atoms with Gasteiger partial charge in [0.2, 0.25) is 0 Å². The lowest BCUT2D eigenvalue weighted by molar-refractivity contribution is 0.0239. The van der Waals surface area contributed by atoms with Crippen LogP contribution in [0.2, 0.25) is 0 Å². The smallest absolute Gasteiger partial charge is 0.122 e. The van der Waals surface area contributed by atoms with Crippen molar-refractivity contribution in [3.8, 4) is 11.5 Å². The summed E-state index contributed by atoms with van der Waals surface area (Å²) in [6.45, 7) is 14.0. The van der Waals surface area contributed by atoms with Gasteiger partial charge in [-0.3, -0.25) is 4.90 Å². The number of hydrogen-bond acceptors (Lipinski definition) is 4. The van der Waals surface area contributed by atoms with Crippen molar-refractivity contribution in [2.24, 2.45) is 0 Å². The highest BCUT2D eigenvalue weighted by molar-refractivity contribution is 5.51. The summed E-state index contributed by atoms with van der Waals surface area (Å²) in [6, 6.07) is 12.9. The molecule has 1 atom stereocenters. The lowest BCUT2D eigenvalue weighted by Gasteiger charge is -2.36. The van der Waals surface area contributed by atoms with Crippen molar-refractivity contribution < 1.29 is 14.6 Å². The maximum atomic E-state index is 11.0. The quantitative estimate of drug-likeness (QED) is 0.749. The molecule has 0 aromatic heterocycles. The average molecular weight is 398 g/mol. The van der Waals surface area contributed by atoms with Crippen molar-refractivity contribution >= 4 is 0 Å². The van der Waals surface area contributed by atoms with Gasteiger partial charge in [-0.05, 0) is 57.9 Å². The summed E-state index contributed by atoms with van der Waals surface area (Å²) in [4.78, 5) is 2.48. The summed E-state index contributed by atoms with van der Waals surface area (Å²) < 4.78 is 11.0. The van der Waals surface area contributed by atoms with Gasteiger partial charge in [0.1, 0.15) is 11.5 Å². The molecule has 2 aromatic carbocycles. The zero-order chi connectivity index (χ0) is 21.2. The molecule has 3 rings (SSSR count). The molecule has 29 heavy (non-hydrogen) atoms. The van der Waals surface area contributed by atoms with E-state index in [1.165, 1.54) is 11.1 Å². The summed E-state index contributed by atoms with van der Waals surface area (Å²) in [5.41, 5.74) is 4.33. The SMILES string of the molecule is COc1ccc(C(c2cc(C(C)C)c(O)c(C(C)(C)C)c2)N2CCOCC2)cc1. The van der Waals surface area contributed by atoms with Crippen LogP contribution in [0.4, 0.5) is 0 Å². The first-order valence-electron chi connectivity index (χ1n) is 10.6. The highest BCUT2D eigenvalue weighted by Gasteiger charge is 2.29. The van der Waals surface area contributed by atoms with E-state index in [1.807, 2.05) is 12.1 Å². The van der Waals surface area contributed by atoms with Gasteiger partial charge in [-0.15, -0.1) is 0 Å². The van der Waals surface area contributed by atoms with Gasteiger partial charge in [0.25, 0.3) is 0 Å². The van der Waals surface area contributed by atoms with Crippen LogP contribution in [0.15, 0.2) is 36.4 Å². The van der Waals surface area contributed by atoms with Crippen molar-refractivity contribution in [2.45, 2.75) is 52.0 Å². The van der Waals surface area contributed by atoms with Crippen LogP contribution in [0.3, 0.4) is 0 Å². The van der Waals surface area contributed by atoms with E-state index in [9.17, 15) is 5.11 Å². The monoisotopic (exact) mass is 397 g/mol. The molecule has 1 aliphatic rings. The van der Waals surface area contributed by atoms with Crippen LogP contribution in [0.5, 0.6) is 11.5 Å². The number of methoxy groups -OCH3 is 1. The molecule has 4 heteroatoms. The van der Waals surface area contributed by atoms with Crippen molar-refractivity contribution in [3.05, 3.63) is 58.7 Å². The van der Waals surface area contributed by atoms with Gasteiger partial charge in [0.15, 0.2) is 0 Å². The number of nitrogens with zero attached hydrogens (tertiary/aromatic N) is 1. The number of benzene rings is 2. The molecular formula is C25H35NO3. The van der Waals surface area contributed by atoms with E-state index < -0.39 is 0 Å². The van der Waals surface area contributed by atoms with E-state index in [1.54, 1.807) is 7.11 Å². The van der Waals surface area contributed by atoms with E-state index in [2.05, 4.69) is 63.8 Å². The van der Waals surface area contributed by atoms with Crippen molar-refractivity contribution in [1.29, 1.82) is 0 Å². The number of phenolic OH excluding ortho intramolecular Hbond substituents is 1. The summed E-state index contributed by atoms with van der Waals surface area (Å²) in [6.07, 6.45) is 0. The van der Waals surface area contributed by atoms with Crippen LogP contribution < -0.4 is 4.74 Å². The second-order valence-electron chi connectivity index (χ2n) is 9.24. The number of morpholine rings is 1. The third-order valence-electron chi connectivity index (χ3n) is 5.75. The highest BCUT2D eigenvalue weighted by atomic mass is 16.5. The Hall–Kier alpha value is -2.04. The summed E-state index contributed by atoms with van der Waals surface area (Å²) in [5.74, 6) is 1.54. The molecule has 158 valence electrons. The van der Waals surface area contributed by atoms with Crippen LogP contribution in [-0.4, -0.2) is 43.4 Å². The zero-order valence-corrected chi connectivity index (χ0v) is 18.7.